The Morgan fingerprint density at radius 1 is 1.26 bits per heavy atom. The van der Waals surface area contributed by atoms with Gasteiger partial charge >= 0.3 is 11.4 Å². The topological polar surface area (TPSA) is 154 Å². The number of aromatic amines is 1. The van der Waals surface area contributed by atoms with E-state index >= 15 is 0 Å². The first-order valence-electron chi connectivity index (χ1n) is 11.5. The Morgan fingerprint density at radius 3 is 2.82 bits per heavy atom. The number of nitrogen functional groups attached to an aromatic ring is 1. The maximum atomic E-state index is 13.5. The van der Waals surface area contributed by atoms with Crippen molar-refractivity contribution in [1.29, 1.82) is 0 Å². The Balaban J connectivity index is 1.73. The van der Waals surface area contributed by atoms with Crippen LogP contribution in [0.2, 0.25) is 0 Å². The molecule has 1 aliphatic heterocycles. The number of fused-ring (bicyclic) bond motifs is 1. The maximum Gasteiger partial charge on any atom is 0.346 e. The highest BCUT2D eigenvalue weighted by Crippen LogP contribution is 2.21. The van der Waals surface area contributed by atoms with Crippen molar-refractivity contribution < 1.29 is 9.21 Å². The van der Waals surface area contributed by atoms with E-state index in [4.69, 9.17) is 10.2 Å². The first-order valence-corrected chi connectivity index (χ1v) is 11.5. The number of aryl methyl sites for hydroxylation is 1. The molecule has 0 saturated carbocycles. The Labute approximate surface area is 194 Å². The number of amides is 1. The summed E-state index contributed by atoms with van der Waals surface area (Å²) in [5.74, 6) is 0.365. The van der Waals surface area contributed by atoms with Gasteiger partial charge in [-0.25, -0.2) is 14.3 Å². The first kappa shape index (κ1) is 23.3. The predicted molar refractivity (Wildman–Crippen MR) is 125 cm³/mol. The molecule has 12 nitrogen and oxygen atoms in total. The second kappa shape index (κ2) is 9.98. The number of nitrogens with two attached hydrogens (primary N) is 1. The van der Waals surface area contributed by atoms with Gasteiger partial charge in [0.05, 0.1) is 12.8 Å². The molecule has 1 amide bonds. The van der Waals surface area contributed by atoms with Crippen LogP contribution in [-0.4, -0.2) is 29.8 Å². The van der Waals surface area contributed by atoms with Gasteiger partial charge in [-0.05, 0) is 31.4 Å². The summed E-state index contributed by atoms with van der Waals surface area (Å²) in [6.07, 6.45) is 6.42. The number of aromatic nitrogens is 5. The predicted octanol–water partition coefficient (Wildman–Crippen LogP) is 0.830. The second-order valence-corrected chi connectivity index (χ2v) is 8.38. The van der Waals surface area contributed by atoms with Crippen LogP contribution in [0.25, 0.3) is 0 Å². The maximum absolute atomic E-state index is 13.5. The SMILES string of the molecule is CCCCn1c(N)c(N(Cc2ccco2)C(=O)Cn2nc3n(c2=O)CCCCC3)c(=O)[nH]c1=O. The van der Waals surface area contributed by atoms with E-state index in [9.17, 15) is 19.2 Å². The van der Waals surface area contributed by atoms with Crippen molar-refractivity contribution in [3.63, 3.8) is 0 Å². The third-order valence-electron chi connectivity index (χ3n) is 5.98. The Morgan fingerprint density at radius 2 is 2.09 bits per heavy atom. The molecule has 0 spiro atoms. The van der Waals surface area contributed by atoms with Crippen LogP contribution in [0.15, 0.2) is 37.2 Å². The lowest BCUT2D eigenvalue weighted by Gasteiger charge is -2.23. The van der Waals surface area contributed by atoms with E-state index in [0.29, 0.717) is 37.5 Å². The molecule has 0 radical (unpaired) electrons. The third kappa shape index (κ3) is 4.61. The fourth-order valence-corrected chi connectivity index (χ4v) is 4.17. The molecule has 182 valence electrons. The molecule has 0 aliphatic carbocycles. The molecule has 34 heavy (non-hydrogen) atoms. The lowest BCUT2D eigenvalue weighted by molar-refractivity contribution is -0.119. The van der Waals surface area contributed by atoms with Crippen LogP contribution in [-0.2, 0) is 37.4 Å². The summed E-state index contributed by atoms with van der Waals surface area (Å²) < 4.78 is 9.35. The van der Waals surface area contributed by atoms with Crippen LogP contribution in [0.5, 0.6) is 0 Å². The van der Waals surface area contributed by atoms with E-state index in [1.54, 1.807) is 16.7 Å². The van der Waals surface area contributed by atoms with E-state index in [0.717, 1.165) is 35.3 Å². The van der Waals surface area contributed by atoms with Gasteiger partial charge in [-0.15, -0.1) is 0 Å². The van der Waals surface area contributed by atoms with Gasteiger partial charge in [-0.3, -0.25) is 28.6 Å². The molecular weight excluding hydrogens is 442 g/mol. The quantitative estimate of drug-likeness (QED) is 0.493. The lowest BCUT2D eigenvalue weighted by Crippen LogP contribution is -2.43. The van der Waals surface area contributed by atoms with E-state index in [1.165, 1.54) is 10.8 Å². The van der Waals surface area contributed by atoms with E-state index < -0.39 is 17.2 Å². The van der Waals surface area contributed by atoms with Crippen LogP contribution >= 0.6 is 0 Å². The summed E-state index contributed by atoms with van der Waals surface area (Å²) >= 11 is 0. The van der Waals surface area contributed by atoms with Crippen LogP contribution in [0.3, 0.4) is 0 Å². The van der Waals surface area contributed by atoms with Crippen molar-refractivity contribution in [3.8, 4) is 0 Å². The molecule has 3 aromatic heterocycles. The molecule has 4 heterocycles. The molecule has 0 atom stereocenters. The molecule has 0 aromatic carbocycles. The molecule has 0 unspecified atom stereocenters. The second-order valence-electron chi connectivity index (χ2n) is 8.38. The Kier molecular flexibility index (Phi) is 6.85. The van der Waals surface area contributed by atoms with E-state index in [2.05, 4.69) is 10.1 Å². The minimum absolute atomic E-state index is 0.104. The monoisotopic (exact) mass is 471 g/mol. The van der Waals surface area contributed by atoms with Crippen molar-refractivity contribution in [3.05, 3.63) is 61.3 Å². The highest BCUT2D eigenvalue weighted by atomic mass is 16.3. The van der Waals surface area contributed by atoms with Crippen LogP contribution in [0.4, 0.5) is 11.5 Å². The third-order valence-corrected chi connectivity index (χ3v) is 5.98. The van der Waals surface area contributed by atoms with Gasteiger partial charge < -0.3 is 10.2 Å². The number of carbonyl (C=O) groups excluding carboxylic acids is 1. The number of carbonyl (C=O) groups is 1. The number of hydrogen-bond acceptors (Lipinski definition) is 7. The van der Waals surface area contributed by atoms with Crippen molar-refractivity contribution in [1.82, 2.24) is 23.9 Å². The minimum atomic E-state index is -0.789. The molecule has 12 heteroatoms. The van der Waals surface area contributed by atoms with Crippen LogP contribution < -0.4 is 27.6 Å². The van der Waals surface area contributed by atoms with E-state index in [-0.39, 0.29) is 30.3 Å². The molecule has 1 aliphatic rings. The highest BCUT2D eigenvalue weighted by molar-refractivity contribution is 5.95. The molecule has 0 saturated heterocycles. The molecular formula is C22H29N7O5. The Bertz CT molecular complexity index is 1330. The number of furan rings is 1. The minimum Gasteiger partial charge on any atom is -0.467 e. The molecule has 3 aromatic rings. The summed E-state index contributed by atoms with van der Waals surface area (Å²) in [4.78, 5) is 54.9. The normalized spacial score (nSPS) is 13.4. The standard InChI is InChI=1S/C22H29N7O5/c1-2-3-10-27-19(23)18(20(31)24-21(27)32)28(13-15-8-7-12-34-15)17(30)14-29-22(33)26-11-6-4-5-9-16(26)25-29/h7-8,12H,2-6,9-11,13-14,23H2,1H3,(H,24,31,32). The zero-order valence-electron chi connectivity index (χ0n) is 19.2. The first-order chi connectivity index (χ1) is 16.4. The van der Waals surface area contributed by atoms with Crippen molar-refractivity contribution in [2.24, 2.45) is 0 Å². The van der Waals surface area contributed by atoms with Crippen molar-refractivity contribution >= 4 is 17.4 Å². The van der Waals surface area contributed by atoms with Gasteiger partial charge in [0.2, 0.25) is 5.91 Å². The number of nitrogens with zero attached hydrogens (tertiary/aromatic N) is 5. The number of nitrogens with one attached hydrogen (secondary N) is 1. The van der Waals surface area contributed by atoms with Crippen molar-refractivity contribution in [2.75, 3.05) is 10.6 Å². The molecule has 0 fully saturated rings. The van der Waals surface area contributed by atoms with E-state index in [1.807, 2.05) is 6.92 Å². The molecule has 4 rings (SSSR count). The highest BCUT2D eigenvalue weighted by Gasteiger charge is 2.27. The zero-order chi connectivity index (χ0) is 24.2. The number of anilines is 2. The number of hydrogen-bond donors (Lipinski definition) is 2. The fraction of sp³-hybridized carbons (Fsp3) is 0.500. The van der Waals surface area contributed by atoms with Gasteiger partial charge in [0.1, 0.15) is 23.9 Å². The lowest BCUT2D eigenvalue weighted by atomic mass is 10.2. The zero-order valence-corrected chi connectivity index (χ0v) is 19.2. The van der Waals surface area contributed by atoms with Crippen LogP contribution in [0.1, 0.15) is 50.6 Å². The largest absolute Gasteiger partial charge is 0.467 e. The van der Waals surface area contributed by atoms with Gasteiger partial charge in [0, 0.05) is 19.5 Å². The summed E-state index contributed by atoms with van der Waals surface area (Å²) in [6.45, 7) is 2.33. The average molecular weight is 472 g/mol. The fourth-order valence-electron chi connectivity index (χ4n) is 4.17. The summed E-state index contributed by atoms with van der Waals surface area (Å²) in [6, 6.07) is 3.31. The molecule has 0 bridgehead atoms. The summed E-state index contributed by atoms with van der Waals surface area (Å²) in [5, 5.41) is 4.36. The van der Waals surface area contributed by atoms with Gasteiger partial charge in [-0.2, -0.15) is 5.10 Å². The smallest absolute Gasteiger partial charge is 0.346 e. The summed E-state index contributed by atoms with van der Waals surface area (Å²) in [7, 11) is 0. The van der Waals surface area contributed by atoms with Crippen LogP contribution in [0, 0.1) is 0 Å². The van der Waals surface area contributed by atoms with Gasteiger partial charge in [0.15, 0.2) is 5.69 Å². The number of rotatable bonds is 8. The number of unbranched alkanes of at least 4 members (excludes halogenated alkanes) is 1. The summed E-state index contributed by atoms with van der Waals surface area (Å²) in [5.41, 5.74) is 4.29. The van der Waals surface area contributed by atoms with Crippen molar-refractivity contribution in [2.45, 2.75) is 71.6 Å². The molecule has 3 N–H and O–H groups in total. The number of H-pyrrole nitrogens is 1. The van der Waals surface area contributed by atoms with Gasteiger partial charge in [-0.1, -0.05) is 19.8 Å². The Hall–Kier alpha value is -3.83. The average Bonchev–Trinajstić information content (AvgIpc) is 3.33. The van der Waals surface area contributed by atoms with Gasteiger partial charge in [0.25, 0.3) is 5.56 Å².